The van der Waals surface area contributed by atoms with Gasteiger partial charge in [0.05, 0.1) is 6.42 Å². The molecule has 0 unspecified atom stereocenters. The molecular weight excluding hydrogens is 230 g/mol. The van der Waals surface area contributed by atoms with Crippen LogP contribution in [-0.2, 0) is 11.2 Å². The molecule has 0 fully saturated rings. The lowest BCUT2D eigenvalue weighted by Crippen LogP contribution is -2.01. The van der Waals surface area contributed by atoms with Crippen molar-refractivity contribution in [3.63, 3.8) is 0 Å². The lowest BCUT2D eigenvalue weighted by molar-refractivity contribution is -0.136. The Morgan fingerprint density at radius 1 is 1.44 bits per heavy atom. The number of aryl methyl sites for hydroxylation is 1. The second-order valence-electron chi connectivity index (χ2n) is 3.65. The zero-order chi connectivity index (χ0) is 13.5. The molecule has 0 atom stereocenters. The molecule has 0 saturated heterocycles. The predicted octanol–water partition coefficient (Wildman–Crippen LogP) is 1.97. The van der Waals surface area contributed by atoms with Gasteiger partial charge < -0.3 is 10.4 Å². The van der Waals surface area contributed by atoms with Crippen LogP contribution in [-0.4, -0.2) is 11.1 Å². The summed E-state index contributed by atoms with van der Waals surface area (Å²) in [4.78, 5) is 10.6. The summed E-state index contributed by atoms with van der Waals surface area (Å²) in [6, 6.07) is 8.66. The van der Waals surface area contributed by atoms with Crippen LogP contribution in [0.1, 0.15) is 11.1 Å². The van der Waals surface area contributed by atoms with Crippen LogP contribution in [0.15, 0.2) is 30.0 Å². The Hall–Kier alpha value is -2.79. The standard InChI is InChI=1S/C13H11N3O2/c1-9-2-3-10(5-13(17)18)4-12(9)16-8-11(6-14)7-15/h2-4,8,16H,5H2,1H3,(H,17,18). The van der Waals surface area contributed by atoms with Crippen molar-refractivity contribution in [1.82, 2.24) is 0 Å². The highest BCUT2D eigenvalue weighted by atomic mass is 16.4. The number of carboxylic acid groups (broad SMARTS) is 1. The number of nitriles is 2. The number of aliphatic carboxylic acids is 1. The summed E-state index contributed by atoms with van der Waals surface area (Å²) in [7, 11) is 0. The van der Waals surface area contributed by atoms with Gasteiger partial charge in [-0.1, -0.05) is 12.1 Å². The van der Waals surface area contributed by atoms with E-state index in [-0.39, 0.29) is 12.0 Å². The number of carboxylic acids is 1. The third-order valence-corrected chi connectivity index (χ3v) is 2.27. The topological polar surface area (TPSA) is 96.9 Å². The quantitative estimate of drug-likeness (QED) is 0.785. The number of anilines is 1. The van der Waals surface area contributed by atoms with E-state index in [0.29, 0.717) is 11.3 Å². The summed E-state index contributed by atoms with van der Waals surface area (Å²) in [5.41, 5.74) is 2.19. The molecule has 0 amide bonds. The first-order valence-electron chi connectivity index (χ1n) is 5.15. The number of benzene rings is 1. The summed E-state index contributed by atoms with van der Waals surface area (Å²) in [6.45, 7) is 1.85. The lowest BCUT2D eigenvalue weighted by Gasteiger charge is -2.07. The molecule has 0 aromatic heterocycles. The minimum absolute atomic E-state index is 0.0435. The highest BCUT2D eigenvalue weighted by molar-refractivity contribution is 5.71. The third kappa shape index (κ3) is 3.66. The molecule has 1 aromatic rings. The average molecular weight is 241 g/mol. The van der Waals surface area contributed by atoms with Gasteiger partial charge in [-0.3, -0.25) is 4.79 Å². The largest absolute Gasteiger partial charge is 0.481 e. The Balaban J connectivity index is 2.96. The summed E-state index contributed by atoms with van der Waals surface area (Å²) in [6.07, 6.45) is 1.23. The molecular formula is C13H11N3O2. The maximum atomic E-state index is 10.6. The molecule has 18 heavy (non-hydrogen) atoms. The van der Waals surface area contributed by atoms with Crippen LogP contribution in [0.4, 0.5) is 5.69 Å². The first-order valence-corrected chi connectivity index (χ1v) is 5.15. The molecule has 0 radical (unpaired) electrons. The van der Waals surface area contributed by atoms with Crippen molar-refractivity contribution in [1.29, 1.82) is 10.5 Å². The maximum Gasteiger partial charge on any atom is 0.307 e. The Morgan fingerprint density at radius 2 is 2.11 bits per heavy atom. The zero-order valence-corrected chi connectivity index (χ0v) is 9.77. The van der Waals surface area contributed by atoms with E-state index in [2.05, 4.69) is 5.32 Å². The molecule has 0 heterocycles. The molecule has 0 bridgehead atoms. The fourth-order valence-corrected chi connectivity index (χ4v) is 1.35. The van der Waals surface area contributed by atoms with Crippen molar-refractivity contribution >= 4 is 11.7 Å². The molecule has 90 valence electrons. The average Bonchev–Trinajstić information content (AvgIpc) is 2.33. The first kappa shape index (κ1) is 13.3. The number of hydrogen-bond acceptors (Lipinski definition) is 4. The molecule has 0 aliphatic rings. The molecule has 0 saturated carbocycles. The van der Waals surface area contributed by atoms with E-state index >= 15 is 0 Å². The van der Waals surface area contributed by atoms with E-state index in [1.807, 2.05) is 6.92 Å². The summed E-state index contributed by atoms with van der Waals surface area (Å²) in [5.74, 6) is -0.907. The number of hydrogen-bond donors (Lipinski definition) is 2. The van der Waals surface area contributed by atoms with Gasteiger partial charge in [-0.15, -0.1) is 0 Å². The van der Waals surface area contributed by atoms with Crippen LogP contribution >= 0.6 is 0 Å². The maximum absolute atomic E-state index is 10.6. The summed E-state index contributed by atoms with van der Waals surface area (Å²) < 4.78 is 0. The minimum atomic E-state index is -0.907. The summed E-state index contributed by atoms with van der Waals surface area (Å²) >= 11 is 0. The van der Waals surface area contributed by atoms with E-state index in [0.717, 1.165) is 5.56 Å². The second kappa shape index (κ2) is 6.07. The van der Waals surface area contributed by atoms with Crippen molar-refractivity contribution in [2.45, 2.75) is 13.3 Å². The van der Waals surface area contributed by atoms with Gasteiger partial charge in [-0.25, -0.2) is 0 Å². The van der Waals surface area contributed by atoms with Gasteiger partial charge in [0.2, 0.25) is 0 Å². The van der Waals surface area contributed by atoms with Crippen LogP contribution < -0.4 is 5.32 Å². The van der Waals surface area contributed by atoms with E-state index < -0.39 is 5.97 Å². The number of carbonyl (C=O) groups is 1. The smallest absolute Gasteiger partial charge is 0.307 e. The van der Waals surface area contributed by atoms with E-state index in [1.54, 1.807) is 30.3 Å². The highest BCUT2D eigenvalue weighted by Crippen LogP contribution is 2.17. The Kier molecular flexibility index (Phi) is 4.48. The van der Waals surface area contributed by atoms with Crippen LogP contribution in [0.2, 0.25) is 0 Å². The molecule has 2 N–H and O–H groups in total. The predicted molar refractivity (Wildman–Crippen MR) is 65.5 cm³/mol. The van der Waals surface area contributed by atoms with Crippen LogP contribution in [0, 0.1) is 29.6 Å². The molecule has 0 aliphatic heterocycles. The number of allylic oxidation sites excluding steroid dienone is 1. The van der Waals surface area contributed by atoms with Gasteiger partial charge in [0, 0.05) is 11.9 Å². The van der Waals surface area contributed by atoms with Gasteiger partial charge in [-0.2, -0.15) is 10.5 Å². The van der Waals surface area contributed by atoms with Crippen LogP contribution in [0.25, 0.3) is 0 Å². The minimum Gasteiger partial charge on any atom is -0.481 e. The number of nitrogens with zero attached hydrogens (tertiary/aromatic N) is 2. The van der Waals surface area contributed by atoms with Crippen molar-refractivity contribution in [2.75, 3.05) is 5.32 Å². The van der Waals surface area contributed by atoms with Crippen molar-refractivity contribution in [2.24, 2.45) is 0 Å². The van der Waals surface area contributed by atoms with Crippen molar-refractivity contribution in [3.8, 4) is 12.1 Å². The first-order chi connectivity index (χ1) is 8.56. The van der Waals surface area contributed by atoms with Gasteiger partial charge in [0.1, 0.15) is 17.7 Å². The van der Waals surface area contributed by atoms with Gasteiger partial charge >= 0.3 is 5.97 Å². The highest BCUT2D eigenvalue weighted by Gasteiger charge is 2.03. The Bertz CT molecular complexity index is 561. The molecule has 0 spiro atoms. The fraction of sp³-hybridized carbons (Fsp3) is 0.154. The summed E-state index contributed by atoms with van der Waals surface area (Å²) in [5, 5.41) is 28.7. The van der Waals surface area contributed by atoms with Crippen LogP contribution in [0.3, 0.4) is 0 Å². The second-order valence-corrected chi connectivity index (χ2v) is 3.65. The van der Waals surface area contributed by atoms with E-state index in [4.69, 9.17) is 15.6 Å². The monoisotopic (exact) mass is 241 g/mol. The number of nitrogens with one attached hydrogen (secondary N) is 1. The molecule has 1 rings (SSSR count). The SMILES string of the molecule is Cc1ccc(CC(=O)O)cc1NC=C(C#N)C#N. The number of rotatable bonds is 4. The molecule has 0 aliphatic carbocycles. The normalized spacial score (nSPS) is 8.83. The lowest BCUT2D eigenvalue weighted by atomic mass is 10.1. The van der Waals surface area contributed by atoms with Gasteiger partial charge in [-0.05, 0) is 24.1 Å². The van der Waals surface area contributed by atoms with E-state index in [1.165, 1.54) is 6.20 Å². The molecule has 5 nitrogen and oxygen atoms in total. The van der Waals surface area contributed by atoms with E-state index in [9.17, 15) is 4.79 Å². The Morgan fingerprint density at radius 3 is 2.67 bits per heavy atom. The fourth-order valence-electron chi connectivity index (χ4n) is 1.35. The van der Waals surface area contributed by atoms with Gasteiger partial charge in [0.25, 0.3) is 0 Å². The van der Waals surface area contributed by atoms with Crippen LogP contribution in [0.5, 0.6) is 0 Å². The Labute approximate surface area is 105 Å². The van der Waals surface area contributed by atoms with Crippen molar-refractivity contribution in [3.05, 3.63) is 41.1 Å². The third-order valence-electron chi connectivity index (χ3n) is 2.27. The van der Waals surface area contributed by atoms with Crippen molar-refractivity contribution < 1.29 is 9.90 Å². The molecule has 5 heteroatoms. The molecule has 1 aromatic carbocycles. The van der Waals surface area contributed by atoms with Gasteiger partial charge in [0.15, 0.2) is 0 Å². The zero-order valence-electron chi connectivity index (χ0n) is 9.77.